The van der Waals surface area contributed by atoms with Crippen LogP contribution in [-0.4, -0.2) is 25.5 Å². The van der Waals surface area contributed by atoms with E-state index in [1.807, 2.05) is 6.07 Å². The van der Waals surface area contributed by atoms with Gasteiger partial charge in [0.05, 0.1) is 6.21 Å². The second-order valence-corrected chi connectivity index (χ2v) is 9.40. The van der Waals surface area contributed by atoms with Crippen molar-refractivity contribution in [1.29, 1.82) is 0 Å². The minimum Gasteiger partial charge on any atom is -0.411 e. The topological polar surface area (TPSA) is 35.8 Å². The third-order valence-corrected chi connectivity index (χ3v) is 6.20. The first kappa shape index (κ1) is 19.5. The Hall–Kier alpha value is -2.29. The van der Waals surface area contributed by atoms with Gasteiger partial charge in [0, 0.05) is 25.3 Å². The Morgan fingerprint density at radius 2 is 1.52 bits per heavy atom. The molecular weight excluding hydrogens is 332 g/mol. The maximum absolute atomic E-state index is 8.96. The van der Waals surface area contributed by atoms with E-state index in [0.29, 0.717) is 0 Å². The van der Waals surface area contributed by atoms with Gasteiger partial charge in [-0.15, -0.1) is 0 Å². The Balaban J connectivity index is 2.29. The van der Waals surface area contributed by atoms with E-state index < -0.39 is 0 Å². The quantitative estimate of drug-likeness (QED) is 0.419. The van der Waals surface area contributed by atoms with Gasteiger partial charge >= 0.3 is 0 Å². The summed E-state index contributed by atoms with van der Waals surface area (Å²) < 4.78 is 0. The zero-order valence-corrected chi connectivity index (χ0v) is 17.7. The second-order valence-electron chi connectivity index (χ2n) is 9.40. The molecule has 0 bridgehead atoms. The van der Waals surface area contributed by atoms with E-state index >= 15 is 0 Å². The number of nitrogens with zero attached hydrogens (tertiary/aromatic N) is 2. The summed E-state index contributed by atoms with van der Waals surface area (Å²) in [5, 5.41) is 12.2. The molecular formula is C24H32N2O. The van der Waals surface area contributed by atoms with Crippen LogP contribution in [0.1, 0.15) is 62.8 Å². The molecule has 3 rings (SSSR count). The zero-order chi connectivity index (χ0) is 20.0. The van der Waals surface area contributed by atoms with Crippen LogP contribution in [0, 0.1) is 6.92 Å². The summed E-state index contributed by atoms with van der Waals surface area (Å²) in [6, 6.07) is 11.0. The molecule has 2 aromatic carbocycles. The second kappa shape index (κ2) is 6.70. The fraction of sp³-hybridized carbons (Fsp3) is 0.458. The van der Waals surface area contributed by atoms with E-state index in [1.165, 1.54) is 52.6 Å². The van der Waals surface area contributed by atoms with Gasteiger partial charge in [-0.05, 0) is 76.6 Å². The van der Waals surface area contributed by atoms with Crippen LogP contribution in [0.4, 0.5) is 5.69 Å². The van der Waals surface area contributed by atoms with E-state index in [-0.39, 0.29) is 10.8 Å². The van der Waals surface area contributed by atoms with Gasteiger partial charge in [-0.2, -0.15) is 0 Å². The van der Waals surface area contributed by atoms with Gasteiger partial charge in [-0.1, -0.05) is 45.0 Å². The number of oxime groups is 1. The number of hydrogen-bond donors (Lipinski definition) is 1. The van der Waals surface area contributed by atoms with E-state index in [4.69, 9.17) is 5.21 Å². The molecule has 0 unspecified atom stereocenters. The summed E-state index contributed by atoms with van der Waals surface area (Å²) in [6.07, 6.45) is 3.91. The molecule has 1 N–H and O–H groups in total. The Morgan fingerprint density at radius 1 is 0.926 bits per heavy atom. The van der Waals surface area contributed by atoms with E-state index in [2.05, 4.69) is 83.0 Å². The first-order valence-corrected chi connectivity index (χ1v) is 9.71. The van der Waals surface area contributed by atoms with Crippen LogP contribution in [0.3, 0.4) is 0 Å². The summed E-state index contributed by atoms with van der Waals surface area (Å²) in [5.74, 6) is 0. The van der Waals surface area contributed by atoms with Crippen molar-refractivity contribution in [3.05, 3.63) is 52.6 Å². The monoisotopic (exact) mass is 364 g/mol. The van der Waals surface area contributed by atoms with Gasteiger partial charge in [0.15, 0.2) is 0 Å². The lowest BCUT2D eigenvalue weighted by atomic mass is 9.62. The highest BCUT2D eigenvalue weighted by atomic mass is 16.4. The van der Waals surface area contributed by atoms with Crippen molar-refractivity contribution in [2.24, 2.45) is 5.16 Å². The van der Waals surface area contributed by atoms with Crippen LogP contribution in [0.5, 0.6) is 0 Å². The van der Waals surface area contributed by atoms with Gasteiger partial charge in [0.2, 0.25) is 0 Å². The molecule has 3 nitrogen and oxygen atoms in total. The lowest BCUT2D eigenvalue weighted by Gasteiger charge is -2.42. The van der Waals surface area contributed by atoms with Gasteiger partial charge in [0.25, 0.3) is 0 Å². The summed E-state index contributed by atoms with van der Waals surface area (Å²) in [4.78, 5) is 2.14. The Labute approximate surface area is 163 Å². The van der Waals surface area contributed by atoms with Crippen LogP contribution < -0.4 is 4.90 Å². The first-order chi connectivity index (χ1) is 12.6. The molecule has 3 heteroatoms. The Kier molecular flexibility index (Phi) is 4.83. The summed E-state index contributed by atoms with van der Waals surface area (Å²) in [6.45, 7) is 11.7. The van der Waals surface area contributed by atoms with Crippen LogP contribution in [0.2, 0.25) is 0 Å². The number of fused-ring (bicyclic) bond motifs is 1. The fourth-order valence-electron chi connectivity index (χ4n) is 4.32. The van der Waals surface area contributed by atoms with Crippen LogP contribution >= 0.6 is 0 Å². The molecule has 0 radical (unpaired) electrons. The van der Waals surface area contributed by atoms with E-state index in [9.17, 15) is 0 Å². The summed E-state index contributed by atoms with van der Waals surface area (Å²) >= 11 is 0. The van der Waals surface area contributed by atoms with Crippen molar-refractivity contribution in [2.45, 2.75) is 58.3 Å². The average molecular weight is 365 g/mol. The largest absolute Gasteiger partial charge is 0.411 e. The van der Waals surface area contributed by atoms with Crippen LogP contribution in [0.25, 0.3) is 11.1 Å². The van der Waals surface area contributed by atoms with Crippen molar-refractivity contribution < 1.29 is 5.21 Å². The molecule has 1 aliphatic carbocycles. The SMILES string of the molecule is Cc1cc2c(cc1-c1cc(/C=N/O)ccc1N(C)C)C(C)(C)CCC2(C)C. The normalized spacial score (nSPS) is 17.7. The number of hydrogen-bond acceptors (Lipinski definition) is 3. The predicted molar refractivity (Wildman–Crippen MR) is 116 cm³/mol. The molecule has 27 heavy (non-hydrogen) atoms. The molecule has 1 aliphatic rings. The standard InChI is InChI=1S/C24H32N2O/c1-16-12-20-21(24(4,5)11-10-23(20,2)3)14-18(16)19-13-17(15-25-27)8-9-22(19)26(6)7/h8-9,12-15,27H,10-11H2,1-7H3/b25-15+. The maximum atomic E-state index is 8.96. The molecule has 0 atom stereocenters. The first-order valence-electron chi connectivity index (χ1n) is 9.71. The highest BCUT2D eigenvalue weighted by Crippen LogP contribution is 2.48. The van der Waals surface area contributed by atoms with Crippen molar-refractivity contribution in [3.8, 4) is 11.1 Å². The Morgan fingerprint density at radius 3 is 2.07 bits per heavy atom. The molecule has 0 amide bonds. The predicted octanol–water partition coefficient (Wildman–Crippen LogP) is 5.89. The van der Waals surface area contributed by atoms with Gasteiger partial charge in [-0.3, -0.25) is 0 Å². The van der Waals surface area contributed by atoms with E-state index in [1.54, 1.807) is 0 Å². The molecule has 0 aromatic heterocycles. The summed E-state index contributed by atoms with van der Waals surface area (Å²) in [5.41, 5.74) is 9.13. The van der Waals surface area contributed by atoms with Crippen molar-refractivity contribution in [1.82, 2.24) is 0 Å². The van der Waals surface area contributed by atoms with Gasteiger partial charge in [-0.25, -0.2) is 0 Å². The molecule has 0 spiro atoms. The average Bonchev–Trinajstić information content (AvgIpc) is 2.59. The smallest absolute Gasteiger partial charge is 0.0734 e. The van der Waals surface area contributed by atoms with Gasteiger partial charge < -0.3 is 10.1 Å². The molecule has 0 saturated heterocycles. The van der Waals surface area contributed by atoms with Crippen molar-refractivity contribution in [2.75, 3.05) is 19.0 Å². The molecule has 0 saturated carbocycles. The lowest BCUT2D eigenvalue weighted by molar-refractivity contribution is 0.322. The van der Waals surface area contributed by atoms with Crippen LogP contribution in [-0.2, 0) is 10.8 Å². The number of aryl methyl sites for hydroxylation is 1. The zero-order valence-electron chi connectivity index (χ0n) is 17.7. The summed E-state index contributed by atoms with van der Waals surface area (Å²) in [7, 11) is 4.14. The molecule has 2 aromatic rings. The number of anilines is 1. The molecule has 0 heterocycles. The third-order valence-electron chi connectivity index (χ3n) is 6.20. The Bertz CT molecular complexity index is 891. The maximum Gasteiger partial charge on any atom is 0.0734 e. The minimum atomic E-state index is 0.176. The van der Waals surface area contributed by atoms with Crippen molar-refractivity contribution in [3.63, 3.8) is 0 Å². The number of benzene rings is 2. The van der Waals surface area contributed by atoms with Gasteiger partial charge in [0.1, 0.15) is 0 Å². The highest BCUT2D eigenvalue weighted by molar-refractivity contribution is 5.88. The highest BCUT2D eigenvalue weighted by Gasteiger charge is 2.37. The molecule has 0 fully saturated rings. The molecule has 0 aliphatic heterocycles. The third kappa shape index (κ3) is 3.47. The lowest BCUT2D eigenvalue weighted by Crippen LogP contribution is -2.34. The van der Waals surface area contributed by atoms with E-state index in [0.717, 1.165) is 5.56 Å². The van der Waals surface area contributed by atoms with Crippen molar-refractivity contribution >= 4 is 11.9 Å². The fourth-order valence-corrected chi connectivity index (χ4v) is 4.32. The minimum absolute atomic E-state index is 0.176. The molecule has 144 valence electrons. The number of rotatable bonds is 3. The van der Waals surface area contributed by atoms with Crippen LogP contribution in [0.15, 0.2) is 35.5 Å².